The Morgan fingerprint density at radius 2 is 2.15 bits per heavy atom. The van der Waals surface area contributed by atoms with Crippen LogP contribution in [0, 0.1) is 0 Å². The van der Waals surface area contributed by atoms with Gasteiger partial charge >= 0.3 is 5.97 Å². The molecule has 76 valence electrons. The van der Waals surface area contributed by atoms with Gasteiger partial charge in [0.2, 0.25) is 0 Å². The number of hydrogen-bond donors (Lipinski definition) is 3. The number of hydrogen-bond acceptors (Lipinski definition) is 5. The van der Waals surface area contributed by atoms with Crippen LogP contribution >= 0.6 is 0 Å². The Morgan fingerprint density at radius 3 is 2.62 bits per heavy atom. The predicted molar refractivity (Wildman–Crippen MR) is 39.9 cm³/mol. The van der Waals surface area contributed by atoms with Crippen LogP contribution in [0.2, 0.25) is 0 Å². The summed E-state index contributed by atoms with van der Waals surface area (Å²) in [6, 6.07) is 0. The van der Waals surface area contributed by atoms with E-state index < -0.39 is 30.6 Å². The minimum absolute atomic E-state index is 0.129. The standard InChI is InChI=1S/C7H12O6/c1-12-7-5(9)3(8)2-4(13-7)6(10)11/h3-5,7-9H,2H2,1H3,(H,10,11). The lowest BCUT2D eigenvalue weighted by Crippen LogP contribution is -2.51. The molecule has 1 saturated heterocycles. The summed E-state index contributed by atoms with van der Waals surface area (Å²) in [6.07, 6.45) is -4.65. The summed E-state index contributed by atoms with van der Waals surface area (Å²) in [4.78, 5) is 10.5. The minimum Gasteiger partial charge on any atom is -0.479 e. The van der Waals surface area contributed by atoms with E-state index in [1.807, 2.05) is 0 Å². The number of ether oxygens (including phenoxy) is 2. The van der Waals surface area contributed by atoms with E-state index in [-0.39, 0.29) is 6.42 Å². The van der Waals surface area contributed by atoms with Gasteiger partial charge in [0.25, 0.3) is 0 Å². The third-order valence-electron chi connectivity index (χ3n) is 1.93. The van der Waals surface area contributed by atoms with E-state index in [4.69, 9.17) is 9.84 Å². The van der Waals surface area contributed by atoms with Crippen molar-refractivity contribution >= 4 is 5.97 Å². The van der Waals surface area contributed by atoms with Crippen molar-refractivity contribution in [3.8, 4) is 0 Å². The molecule has 1 fully saturated rings. The first kappa shape index (κ1) is 10.4. The Hall–Kier alpha value is -0.690. The Balaban J connectivity index is 2.63. The maximum atomic E-state index is 10.5. The highest BCUT2D eigenvalue weighted by Gasteiger charge is 2.39. The summed E-state index contributed by atoms with van der Waals surface area (Å²) in [5.74, 6) is -1.17. The summed E-state index contributed by atoms with van der Waals surface area (Å²) < 4.78 is 9.51. The Labute approximate surface area is 74.7 Å². The molecule has 0 aromatic rings. The van der Waals surface area contributed by atoms with Crippen LogP contribution in [0.3, 0.4) is 0 Å². The highest BCUT2D eigenvalue weighted by Crippen LogP contribution is 2.20. The third kappa shape index (κ3) is 2.16. The van der Waals surface area contributed by atoms with Gasteiger partial charge in [-0.1, -0.05) is 0 Å². The minimum atomic E-state index is -1.19. The van der Waals surface area contributed by atoms with Crippen LogP contribution in [0.1, 0.15) is 6.42 Å². The molecule has 6 heteroatoms. The number of methoxy groups -OCH3 is 1. The Morgan fingerprint density at radius 1 is 1.54 bits per heavy atom. The van der Waals surface area contributed by atoms with E-state index in [0.29, 0.717) is 0 Å². The van der Waals surface area contributed by atoms with E-state index in [9.17, 15) is 15.0 Å². The molecule has 0 radical (unpaired) electrons. The van der Waals surface area contributed by atoms with E-state index >= 15 is 0 Å². The zero-order chi connectivity index (χ0) is 10.0. The average molecular weight is 192 g/mol. The van der Waals surface area contributed by atoms with Gasteiger partial charge in [-0.3, -0.25) is 0 Å². The normalized spacial score (nSPS) is 40.2. The van der Waals surface area contributed by atoms with Crippen LogP contribution in [0.25, 0.3) is 0 Å². The van der Waals surface area contributed by atoms with Crippen LogP contribution in [0.5, 0.6) is 0 Å². The fourth-order valence-corrected chi connectivity index (χ4v) is 1.19. The van der Waals surface area contributed by atoms with Crippen molar-refractivity contribution in [2.45, 2.75) is 31.0 Å². The Kier molecular flexibility index (Phi) is 3.21. The van der Waals surface area contributed by atoms with Crippen LogP contribution in [-0.2, 0) is 14.3 Å². The molecule has 0 amide bonds. The molecule has 0 aromatic heterocycles. The van der Waals surface area contributed by atoms with Crippen LogP contribution in [0.4, 0.5) is 0 Å². The molecule has 1 rings (SSSR count). The van der Waals surface area contributed by atoms with Crippen LogP contribution in [0.15, 0.2) is 0 Å². The molecule has 0 spiro atoms. The second kappa shape index (κ2) is 4.01. The highest BCUT2D eigenvalue weighted by molar-refractivity contribution is 5.72. The topological polar surface area (TPSA) is 96.2 Å². The van der Waals surface area contributed by atoms with Crippen LogP contribution in [-0.4, -0.2) is 53.0 Å². The molecule has 4 unspecified atom stereocenters. The van der Waals surface area contributed by atoms with Gasteiger partial charge in [0.1, 0.15) is 6.10 Å². The van der Waals surface area contributed by atoms with Gasteiger partial charge in [-0.2, -0.15) is 0 Å². The van der Waals surface area contributed by atoms with Crippen molar-refractivity contribution < 1.29 is 29.6 Å². The molecule has 1 aliphatic heterocycles. The fraction of sp³-hybridized carbons (Fsp3) is 0.857. The van der Waals surface area contributed by atoms with Crippen molar-refractivity contribution in [2.75, 3.05) is 7.11 Å². The molecular weight excluding hydrogens is 180 g/mol. The van der Waals surface area contributed by atoms with Gasteiger partial charge in [-0.25, -0.2) is 4.79 Å². The van der Waals surface area contributed by atoms with Gasteiger partial charge in [0.05, 0.1) is 6.10 Å². The van der Waals surface area contributed by atoms with Gasteiger partial charge in [0.15, 0.2) is 12.4 Å². The smallest absolute Gasteiger partial charge is 0.333 e. The van der Waals surface area contributed by atoms with E-state index in [0.717, 1.165) is 0 Å². The number of carboxylic acids is 1. The number of aliphatic carboxylic acids is 1. The first-order valence-electron chi connectivity index (χ1n) is 3.83. The quantitative estimate of drug-likeness (QED) is 0.495. The summed E-state index contributed by atoms with van der Waals surface area (Å²) in [6.45, 7) is 0. The molecule has 0 aliphatic carbocycles. The molecule has 6 nitrogen and oxygen atoms in total. The summed E-state index contributed by atoms with van der Waals surface area (Å²) >= 11 is 0. The molecule has 0 saturated carbocycles. The van der Waals surface area contributed by atoms with Gasteiger partial charge < -0.3 is 24.8 Å². The molecule has 0 aromatic carbocycles. The molecule has 1 heterocycles. The Bertz CT molecular complexity index is 193. The lowest BCUT2D eigenvalue weighted by molar-refractivity contribution is -0.258. The van der Waals surface area contributed by atoms with Crippen molar-refractivity contribution in [1.29, 1.82) is 0 Å². The molecule has 4 atom stereocenters. The summed E-state index contributed by atoms with van der Waals surface area (Å²) in [5.41, 5.74) is 0. The number of carbonyl (C=O) groups is 1. The lowest BCUT2D eigenvalue weighted by Gasteiger charge is -2.34. The van der Waals surface area contributed by atoms with E-state index in [1.54, 1.807) is 0 Å². The average Bonchev–Trinajstić information content (AvgIpc) is 2.09. The van der Waals surface area contributed by atoms with E-state index in [2.05, 4.69) is 4.74 Å². The van der Waals surface area contributed by atoms with Crippen molar-refractivity contribution in [3.05, 3.63) is 0 Å². The van der Waals surface area contributed by atoms with Gasteiger partial charge in [-0.15, -0.1) is 0 Å². The maximum absolute atomic E-state index is 10.5. The van der Waals surface area contributed by atoms with Crippen molar-refractivity contribution in [3.63, 3.8) is 0 Å². The molecule has 0 bridgehead atoms. The molecule has 1 aliphatic rings. The second-order valence-electron chi connectivity index (χ2n) is 2.86. The lowest BCUT2D eigenvalue weighted by atomic mass is 10.0. The number of carboxylic acid groups (broad SMARTS) is 1. The fourth-order valence-electron chi connectivity index (χ4n) is 1.19. The number of rotatable bonds is 2. The predicted octanol–water partition coefficient (Wildman–Crippen LogP) is -1.45. The molecule has 13 heavy (non-hydrogen) atoms. The van der Waals surface area contributed by atoms with Crippen molar-refractivity contribution in [1.82, 2.24) is 0 Å². The second-order valence-corrected chi connectivity index (χ2v) is 2.86. The monoisotopic (exact) mass is 192 g/mol. The SMILES string of the molecule is COC1OC(C(=O)O)CC(O)C1O. The maximum Gasteiger partial charge on any atom is 0.333 e. The van der Waals surface area contributed by atoms with E-state index in [1.165, 1.54) is 7.11 Å². The van der Waals surface area contributed by atoms with Crippen LogP contribution < -0.4 is 0 Å². The number of aliphatic hydroxyl groups is 2. The molecule has 3 N–H and O–H groups in total. The zero-order valence-electron chi connectivity index (χ0n) is 7.08. The van der Waals surface area contributed by atoms with Gasteiger partial charge in [0, 0.05) is 13.5 Å². The van der Waals surface area contributed by atoms with Crippen molar-refractivity contribution in [2.24, 2.45) is 0 Å². The first-order valence-corrected chi connectivity index (χ1v) is 3.83. The largest absolute Gasteiger partial charge is 0.479 e. The summed E-state index contributed by atoms with van der Waals surface area (Å²) in [5, 5.41) is 27.1. The molecular formula is C7H12O6. The zero-order valence-corrected chi connectivity index (χ0v) is 7.08. The third-order valence-corrected chi connectivity index (χ3v) is 1.93. The van der Waals surface area contributed by atoms with Gasteiger partial charge in [-0.05, 0) is 0 Å². The highest BCUT2D eigenvalue weighted by atomic mass is 16.7. The summed E-state index contributed by atoms with van der Waals surface area (Å²) in [7, 11) is 1.27. The first-order chi connectivity index (χ1) is 6.06. The number of aliphatic hydroxyl groups excluding tert-OH is 2.